The van der Waals surface area contributed by atoms with Crippen LogP contribution in [0.1, 0.15) is 33.4 Å². The summed E-state index contributed by atoms with van der Waals surface area (Å²) in [5.41, 5.74) is 19.6. The molecule has 1 heterocycles. The van der Waals surface area contributed by atoms with Gasteiger partial charge in [0.2, 0.25) is 0 Å². The maximum absolute atomic E-state index is 6.77. The van der Waals surface area contributed by atoms with E-state index in [1.807, 2.05) is 6.07 Å². The number of fused-ring (bicyclic) bond motifs is 14. The molecule has 3 aliphatic rings. The Bertz CT molecular complexity index is 3110. The van der Waals surface area contributed by atoms with Gasteiger partial charge < -0.3 is 9.64 Å². The van der Waals surface area contributed by atoms with E-state index in [1.165, 1.54) is 44.5 Å². The third kappa shape index (κ3) is 4.93. The summed E-state index contributed by atoms with van der Waals surface area (Å²) >= 11 is 0. The minimum atomic E-state index is -0.546. The molecule has 2 heteroatoms. The van der Waals surface area contributed by atoms with Crippen molar-refractivity contribution >= 4 is 29.2 Å². The van der Waals surface area contributed by atoms with Crippen LogP contribution < -0.4 is 9.64 Å². The SMILES string of the molecule is C1=Cc2ccccc2C2(c3ccccc31)c1ccccc1-c1c(N(c3ccc4c(c3)-c3ccccc3-c3ccccc3O4)c3ccccc3-c3ccccc3)cccc12. The minimum Gasteiger partial charge on any atom is -0.456 e. The molecular formula is C57H37NO. The molecule has 0 N–H and O–H groups in total. The Hall–Kier alpha value is -7.68. The third-order valence-electron chi connectivity index (χ3n) is 12.5. The predicted octanol–water partition coefficient (Wildman–Crippen LogP) is 15.1. The standard InChI is InChI=1S/C57H37NO/c1-2-17-38(18-3-1)42-21-9-14-30-52(42)58(41-35-36-55-47(37-41)44-23-7-6-22-43(44)45-24-10-15-32-54(45)59-55)53-31-16-29-51-56(53)46-25-8-13-28-50(46)57(51)48-26-11-4-19-39(48)33-34-40-20-5-12-27-49(40)57/h1-37H. The lowest BCUT2D eigenvalue weighted by molar-refractivity contribution is 0.488. The molecule has 0 radical (unpaired) electrons. The highest BCUT2D eigenvalue weighted by Crippen LogP contribution is 2.62. The lowest BCUT2D eigenvalue weighted by Gasteiger charge is -2.36. The third-order valence-corrected chi connectivity index (χ3v) is 12.5. The van der Waals surface area contributed by atoms with Crippen LogP contribution in [0.2, 0.25) is 0 Å². The summed E-state index contributed by atoms with van der Waals surface area (Å²) in [4.78, 5) is 2.49. The van der Waals surface area contributed by atoms with E-state index < -0.39 is 5.41 Å². The van der Waals surface area contributed by atoms with Gasteiger partial charge in [-0.2, -0.15) is 0 Å². The van der Waals surface area contributed by atoms with E-state index in [1.54, 1.807) is 0 Å². The summed E-state index contributed by atoms with van der Waals surface area (Å²) in [7, 11) is 0. The number of para-hydroxylation sites is 2. The summed E-state index contributed by atoms with van der Waals surface area (Å²) in [6, 6.07) is 77.3. The van der Waals surface area contributed by atoms with E-state index in [0.717, 1.165) is 61.9 Å². The maximum atomic E-state index is 6.77. The average molecular weight is 752 g/mol. The van der Waals surface area contributed by atoms with Crippen molar-refractivity contribution in [1.82, 2.24) is 0 Å². The van der Waals surface area contributed by atoms with Gasteiger partial charge >= 0.3 is 0 Å². The Morgan fingerprint density at radius 3 is 1.61 bits per heavy atom. The molecule has 9 aromatic rings. The smallest absolute Gasteiger partial charge is 0.135 e. The van der Waals surface area contributed by atoms with Gasteiger partial charge in [0.25, 0.3) is 0 Å². The predicted molar refractivity (Wildman–Crippen MR) is 244 cm³/mol. The fourth-order valence-corrected chi connectivity index (χ4v) is 10.1. The summed E-state index contributed by atoms with van der Waals surface area (Å²) in [5, 5.41) is 0. The Kier molecular flexibility index (Phi) is 7.48. The molecule has 276 valence electrons. The highest BCUT2D eigenvalue weighted by Gasteiger charge is 2.49. The van der Waals surface area contributed by atoms with Crippen LogP contribution in [0.15, 0.2) is 212 Å². The van der Waals surface area contributed by atoms with Gasteiger partial charge in [-0.05, 0) is 92.0 Å². The highest BCUT2D eigenvalue weighted by molar-refractivity contribution is 6.02. The topological polar surface area (TPSA) is 12.5 Å². The molecule has 59 heavy (non-hydrogen) atoms. The first kappa shape index (κ1) is 33.5. The van der Waals surface area contributed by atoms with Gasteiger partial charge in [0, 0.05) is 27.9 Å². The van der Waals surface area contributed by atoms with Gasteiger partial charge in [-0.25, -0.2) is 0 Å². The molecule has 0 atom stereocenters. The second kappa shape index (κ2) is 13.2. The van der Waals surface area contributed by atoms with Crippen LogP contribution in [0.3, 0.4) is 0 Å². The van der Waals surface area contributed by atoms with Crippen molar-refractivity contribution < 1.29 is 4.74 Å². The molecule has 0 fully saturated rings. The lowest BCUT2D eigenvalue weighted by Crippen LogP contribution is -2.30. The van der Waals surface area contributed by atoms with E-state index in [2.05, 4.69) is 223 Å². The van der Waals surface area contributed by atoms with Crippen LogP contribution in [0.25, 0.3) is 56.7 Å². The summed E-state index contributed by atoms with van der Waals surface area (Å²) in [6.07, 6.45) is 4.59. The fourth-order valence-electron chi connectivity index (χ4n) is 10.1. The van der Waals surface area contributed by atoms with E-state index in [0.29, 0.717) is 0 Å². The van der Waals surface area contributed by atoms with Crippen LogP contribution in [0.4, 0.5) is 17.1 Å². The number of hydrogen-bond donors (Lipinski definition) is 0. The number of rotatable bonds is 4. The molecule has 2 nitrogen and oxygen atoms in total. The molecule has 12 rings (SSSR count). The average Bonchev–Trinajstić information content (AvgIpc) is 3.41. The van der Waals surface area contributed by atoms with Crippen LogP contribution in [0, 0.1) is 0 Å². The molecule has 1 spiro atoms. The van der Waals surface area contributed by atoms with Crippen molar-refractivity contribution in [3.05, 3.63) is 246 Å². The summed E-state index contributed by atoms with van der Waals surface area (Å²) < 4.78 is 6.77. The minimum absolute atomic E-state index is 0.546. The zero-order valence-corrected chi connectivity index (χ0v) is 32.2. The Labute approximate surface area is 344 Å². The molecular weight excluding hydrogens is 715 g/mol. The number of anilines is 3. The largest absolute Gasteiger partial charge is 0.456 e. The molecule has 0 saturated heterocycles. The number of nitrogens with zero attached hydrogens (tertiary/aromatic N) is 1. The Morgan fingerprint density at radius 2 is 0.864 bits per heavy atom. The van der Waals surface area contributed by atoms with Crippen molar-refractivity contribution in [1.29, 1.82) is 0 Å². The van der Waals surface area contributed by atoms with E-state index >= 15 is 0 Å². The molecule has 1 aliphatic heterocycles. The Balaban J connectivity index is 1.18. The molecule has 2 aliphatic carbocycles. The van der Waals surface area contributed by atoms with E-state index in [-0.39, 0.29) is 0 Å². The second-order valence-electron chi connectivity index (χ2n) is 15.5. The monoisotopic (exact) mass is 751 g/mol. The summed E-state index contributed by atoms with van der Waals surface area (Å²) in [6.45, 7) is 0. The van der Waals surface area contributed by atoms with Gasteiger partial charge in [-0.1, -0.05) is 188 Å². The van der Waals surface area contributed by atoms with Gasteiger partial charge in [-0.15, -0.1) is 0 Å². The van der Waals surface area contributed by atoms with Gasteiger partial charge in [-0.3, -0.25) is 0 Å². The van der Waals surface area contributed by atoms with Crippen LogP contribution >= 0.6 is 0 Å². The van der Waals surface area contributed by atoms with Crippen molar-refractivity contribution in [3.63, 3.8) is 0 Å². The molecule has 0 unspecified atom stereocenters. The zero-order chi connectivity index (χ0) is 38.9. The van der Waals surface area contributed by atoms with Gasteiger partial charge in [0.1, 0.15) is 11.5 Å². The molecule has 9 aromatic carbocycles. The fraction of sp³-hybridized carbons (Fsp3) is 0.0175. The van der Waals surface area contributed by atoms with Crippen molar-refractivity contribution in [2.45, 2.75) is 5.41 Å². The first-order valence-corrected chi connectivity index (χ1v) is 20.3. The maximum Gasteiger partial charge on any atom is 0.135 e. The van der Waals surface area contributed by atoms with Crippen molar-refractivity contribution in [3.8, 4) is 56.0 Å². The van der Waals surface area contributed by atoms with Crippen LogP contribution in [0.5, 0.6) is 11.5 Å². The van der Waals surface area contributed by atoms with Crippen LogP contribution in [-0.4, -0.2) is 0 Å². The number of ether oxygens (including phenoxy) is 1. The molecule has 0 amide bonds. The van der Waals surface area contributed by atoms with Gasteiger partial charge in [0.05, 0.1) is 16.8 Å². The highest BCUT2D eigenvalue weighted by atomic mass is 16.5. The van der Waals surface area contributed by atoms with Crippen molar-refractivity contribution in [2.24, 2.45) is 0 Å². The van der Waals surface area contributed by atoms with E-state index in [9.17, 15) is 0 Å². The van der Waals surface area contributed by atoms with Crippen molar-refractivity contribution in [2.75, 3.05) is 4.90 Å². The Morgan fingerprint density at radius 1 is 0.339 bits per heavy atom. The molecule has 0 bridgehead atoms. The van der Waals surface area contributed by atoms with E-state index in [4.69, 9.17) is 4.74 Å². The summed E-state index contributed by atoms with van der Waals surface area (Å²) in [5.74, 6) is 1.70. The van der Waals surface area contributed by atoms with Gasteiger partial charge in [0.15, 0.2) is 0 Å². The zero-order valence-electron chi connectivity index (χ0n) is 32.2. The number of hydrogen-bond acceptors (Lipinski definition) is 2. The number of benzene rings is 9. The molecule has 0 saturated carbocycles. The normalized spacial score (nSPS) is 13.3. The first-order chi connectivity index (χ1) is 29.3. The molecule has 0 aromatic heterocycles. The first-order valence-electron chi connectivity index (χ1n) is 20.3. The lowest BCUT2D eigenvalue weighted by atomic mass is 9.66. The second-order valence-corrected chi connectivity index (χ2v) is 15.5. The quantitative estimate of drug-likeness (QED) is 0.178. The van der Waals surface area contributed by atoms with Crippen LogP contribution in [-0.2, 0) is 5.41 Å².